The molecule has 6 atom stereocenters. The van der Waals surface area contributed by atoms with Crippen LogP contribution >= 0.6 is 0 Å². The highest BCUT2D eigenvalue weighted by Crippen LogP contribution is 2.30. The monoisotopic (exact) mass is 290 g/mol. The summed E-state index contributed by atoms with van der Waals surface area (Å²) in [4.78, 5) is 24.3. The summed E-state index contributed by atoms with van der Waals surface area (Å²) in [7, 11) is 0. The number of allylic oxidation sites excluding steroid dienone is 2. The van der Waals surface area contributed by atoms with Crippen molar-refractivity contribution in [3.63, 3.8) is 0 Å². The summed E-state index contributed by atoms with van der Waals surface area (Å²) in [5, 5.41) is 0. The van der Waals surface area contributed by atoms with E-state index < -0.39 is 11.9 Å². The first-order chi connectivity index (χ1) is 9.88. The molecule has 0 heterocycles. The molecule has 0 radical (unpaired) electrons. The number of carbonyl (C=O) groups is 2. The van der Waals surface area contributed by atoms with Gasteiger partial charge in [0.15, 0.2) is 0 Å². The first kappa shape index (κ1) is 16.0. The molecule has 6 unspecified atom stereocenters. The maximum absolute atomic E-state index is 12.1. The standard InChI is InChI=1S/C18H26O3/c1-11-5-7-15(9-13(11)3)17(19)21-18(20)16-8-6-12(2)14(4)10-16/h5-8,11-16H,9-10H2,1-4H3. The Kier molecular flexibility index (Phi) is 5.02. The lowest BCUT2D eigenvalue weighted by molar-refractivity contribution is -0.164. The quantitative estimate of drug-likeness (QED) is 0.442. The van der Waals surface area contributed by atoms with E-state index in [1.165, 1.54) is 0 Å². The van der Waals surface area contributed by atoms with Crippen LogP contribution in [0, 0.1) is 35.5 Å². The zero-order valence-electron chi connectivity index (χ0n) is 13.4. The lowest BCUT2D eigenvalue weighted by Gasteiger charge is -2.27. The minimum Gasteiger partial charge on any atom is -0.392 e. The molecular formula is C18H26O3. The van der Waals surface area contributed by atoms with Crippen molar-refractivity contribution in [1.29, 1.82) is 0 Å². The summed E-state index contributed by atoms with van der Waals surface area (Å²) in [6.07, 6.45) is 9.41. The first-order valence-electron chi connectivity index (χ1n) is 8.00. The molecule has 0 fully saturated rings. The molecule has 2 aliphatic rings. The molecule has 0 bridgehead atoms. The second kappa shape index (κ2) is 6.59. The molecule has 0 aromatic heterocycles. The molecule has 2 rings (SSSR count). The molecule has 0 spiro atoms. The Morgan fingerprint density at radius 3 is 1.48 bits per heavy atom. The molecule has 116 valence electrons. The highest BCUT2D eigenvalue weighted by atomic mass is 16.6. The van der Waals surface area contributed by atoms with Gasteiger partial charge in [0.1, 0.15) is 0 Å². The van der Waals surface area contributed by atoms with Crippen molar-refractivity contribution in [2.45, 2.75) is 40.5 Å². The Morgan fingerprint density at radius 1 is 0.762 bits per heavy atom. The van der Waals surface area contributed by atoms with Crippen LogP contribution in [0.5, 0.6) is 0 Å². The second-order valence-electron chi connectivity index (χ2n) is 6.87. The summed E-state index contributed by atoms with van der Waals surface area (Å²) < 4.78 is 5.12. The van der Waals surface area contributed by atoms with Crippen LogP contribution in [0.25, 0.3) is 0 Å². The smallest absolute Gasteiger partial charge is 0.320 e. The van der Waals surface area contributed by atoms with Crippen LogP contribution in [-0.2, 0) is 14.3 Å². The van der Waals surface area contributed by atoms with Gasteiger partial charge in [0, 0.05) is 0 Å². The molecule has 0 amide bonds. The van der Waals surface area contributed by atoms with Crippen LogP contribution in [-0.4, -0.2) is 11.9 Å². The van der Waals surface area contributed by atoms with E-state index in [1.54, 1.807) is 0 Å². The van der Waals surface area contributed by atoms with Gasteiger partial charge in [-0.25, -0.2) is 0 Å². The first-order valence-corrected chi connectivity index (χ1v) is 8.00. The van der Waals surface area contributed by atoms with Crippen molar-refractivity contribution in [3.8, 4) is 0 Å². The van der Waals surface area contributed by atoms with Gasteiger partial charge < -0.3 is 4.74 Å². The zero-order chi connectivity index (χ0) is 15.6. The van der Waals surface area contributed by atoms with Crippen LogP contribution in [0.15, 0.2) is 24.3 Å². The Bertz CT molecular complexity index is 421. The summed E-state index contributed by atoms with van der Waals surface area (Å²) in [5.41, 5.74) is 0. The van der Waals surface area contributed by atoms with E-state index in [4.69, 9.17) is 4.74 Å². The molecular weight excluding hydrogens is 264 g/mol. The zero-order valence-corrected chi connectivity index (χ0v) is 13.4. The van der Waals surface area contributed by atoms with Crippen molar-refractivity contribution in [2.75, 3.05) is 0 Å². The molecule has 0 aliphatic heterocycles. The van der Waals surface area contributed by atoms with Crippen molar-refractivity contribution >= 4 is 11.9 Å². The lowest BCUT2D eigenvalue weighted by atomic mass is 9.80. The third kappa shape index (κ3) is 3.84. The maximum atomic E-state index is 12.1. The third-order valence-electron chi connectivity index (χ3n) is 5.15. The summed E-state index contributed by atoms with van der Waals surface area (Å²) in [6, 6.07) is 0. The van der Waals surface area contributed by atoms with Crippen LogP contribution in [0.4, 0.5) is 0 Å². The van der Waals surface area contributed by atoms with Crippen LogP contribution in [0.1, 0.15) is 40.5 Å². The second-order valence-corrected chi connectivity index (χ2v) is 6.87. The van der Waals surface area contributed by atoms with Gasteiger partial charge in [0.25, 0.3) is 0 Å². The predicted octanol–water partition coefficient (Wildman–Crippen LogP) is 3.75. The minimum atomic E-state index is -0.394. The topological polar surface area (TPSA) is 43.4 Å². The molecule has 21 heavy (non-hydrogen) atoms. The number of ether oxygens (including phenoxy) is 1. The van der Waals surface area contributed by atoms with Gasteiger partial charge in [0.05, 0.1) is 11.8 Å². The van der Waals surface area contributed by atoms with E-state index in [9.17, 15) is 9.59 Å². The van der Waals surface area contributed by atoms with E-state index in [0.717, 1.165) is 12.8 Å². The van der Waals surface area contributed by atoms with Crippen LogP contribution in [0.3, 0.4) is 0 Å². The summed E-state index contributed by atoms with van der Waals surface area (Å²) in [6.45, 7) is 8.54. The number of carbonyl (C=O) groups excluding carboxylic acids is 2. The van der Waals surface area contributed by atoms with E-state index in [1.807, 2.05) is 12.2 Å². The van der Waals surface area contributed by atoms with Gasteiger partial charge in [0.2, 0.25) is 0 Å². The van der Waals surface area contributed by atoms with Gasteiger partial charge in [-0.05, 0) is 36.5 Å². The SMILES string of the molecule is CC1C=CC(C(=O)OC(=O)C2C=CC(C)C(C)C2)CC1C. The van der Waals surface area contributed by atoms with E-state index in [-0.39, 0.29) is 11.8 Å². The molecule has 0 saturated heterocycles. The molecule has 0 saturated carbocycles. The normalized spacial score (nSPS) is 39.0. The van der Waals surface area contributed by atoms with Gasteiger partial charge in [-0.3, -0.25) is 9.59 Å². The average molecular weight is 290 g/mol. The van der Waals surface area contributed by atoms with Gasteiger partial charge in [-0.2, -0.15) is 0 Å². The summed E-state index contributed by atoms with van der Waals surface area (Å²) >= 11 is 0. The molecule has 3 nitrogen and oxygen atoms in total. The van der Waals surface area contributed by atoms with Crippen molar-refractivity contribution < 1.29 is 14.3 Å². The van der Waals surface area contributed by atoms with Gasteiger partial charge >= 0.3 is 11.9 Å². The number of rotatable bonds is 2. The average Bonchev–Trinajstić information content (AvgIpc) is 2.44. The van der Waals surface area contributed by atoms with Gasteiger partial charge in [-0.15, -0.1) is 0 Å². The molecule has 0 N–H and O–H groups in total. The molecule has 0 aromatic rings. The van der Waals surface area contributed by atoms with Gasteiger partial charge in [-0.1, -0.05) is 52.0 Å². The van der Waals surface area contributed by atoms with Crippen LogP contribution in [0.2, 0.25) is 0 Å². The molecule has 2 aliphatic carbocycles. The summed E-state index contributed by atoms with van der Waals surface area (Å²) in [5.74, 6) is 0.510. The predicted molar refractivity (Wildman–Crippen MR) is 82.2 cm³/mol. The highest BCUT2D eigenvalue weighted by molar-refractivity contribution is 5.89. The minimum absolute atomic E-state index is 0.274. The molecule has 3 heteroatoms. The number of hydrogen-bond acceptors (Lipinski definition) is 3. The van der Waals surface area contributed by atoms with Crippen molar-refractivity contribution in [2.24, 2.45) is 35.5 Å². The Labute approximate surface area is 127 Å². The van der Waals surface area contributed by atoms with Crippen molar-refractivity contribution in [1.82, 2.24) is 0 Å². The highest BCUT2D eigenvalue weighted by Gasteiger charge is 2.31. The van der Waals surface area contributed by atoms with Crippen LogP contribution < -0.4 is 0 Å². The molecule has 0 aromatic carbocycles. The fourth-order valence-electron chi connectivity index (χ4n) is 2.99. The van der Waals surface area contributed by atoms with E-state index in [0.29, 0.717) is 23.7 Å². The third-order valence-corrected chi connectivity index (χ3v) is 5.15. The fraction of sp³-hybridized carbons (Fsp3) is 0.667. The maximum Gasteiger partial charge on any atom is 0.320 e. The number of hydrogen-bond donors (Lipinski definition) is 0. The Morgan fingerprint density at radius 2 is 1.14 bits per heavy atom. The largest absolute Gasteiger partial charge is 0.392 e. The van der Waals surface area contributed by atoms with Crippen molar-refractivity contribution in [3.05, 3.63) is 24.3 Å². The van der Waals surface area contributed by atoms with E-state index >= 15 is 0 Å². The van der Waals surface area contributed by atoms with E-state index in [2.05, 4.69) is 39.8 Å². The number of esters is 2. The lowest BCUT2D eigenvalue weighted by Crippen LogP contribution is -2.30. The fourth-order valence-corrected chi connectivity index (χ4v) is 2.99. The Hall–Kier alpha value is -1.38. The Balaban J connectivity index is 1.93.